The smallest absolute Gasteiger partial charge is 0.251 e. The Balaban J connectivity index is 2.65. The fourth-order valence-corrected chi connectivity index (χ4v) is 1.48. The summed E-state index contributed by atoms with van der Waals surface area (Å²) in [6.07, 6.45) is 0.900. The van der Waals surface area contributed by atoms with Gasteiger partial charge in [-0.3, -0.25) is 4.79 Å². The first-order valence-electron chi connectivity index (χ1n) is 4.50. The summed E-state index contributed by atoms with van der Waals surface area (Å²) in [5.41, 5.74) is 0.265. The standard InChI is InChI=1S/C10H12INO3/c11-2-1-3-12-10(15)7-4-8(13)6-9(14)5-7/h4-6,13-14H,1-3H2,(H,12,15). The fraction of sp³-hybridized carbons (Fsp3) is 0.300. The summed E-state index contributed by atoms with van der Waals surface area (Å²) in [7, 11) is 0. The van der Waals surface area contributed by atoms with E-state index in [1.165, 1.54) is 18.2 Å². The molecular formula is C10H12INO3. The van der Waals surface area contributed by atoms with Crippen molar-refractivity contribution in [1.29, 1.82) is 0 Å². The number of aromatic hydroxyl groups is 2. The number of benzene rings is 1. The molecule has 0 heterocycles. The number of phenols is 2. The first-order valence-corrected chi connectivity index (χ1v) is 6.03. The highest BCUT2D eigenvalue weighted by atomic mass is 127. The van der Waals surface area contributed by atoms with Crippen molar-refractivity contribution in [2.75, 3.05) is 11.0 Å². The van der Waals surface area contributed by atoms with Gasteiger partial charge >= 0.3 is 0 Å². The lowest BCUT2D eigenvalue weighted by Crippen LogP contribution is -2.24. The third-order valence-electron chi connectivity index (χ3n) is 1.76. The van der Waals surface area contributed by atoms with Crippen LogP contribution in [-0.2, 0) is 0 Å². The van der Waals surface area contributed by atoms with Crippen LogP contribution in [0.3, 0.4) is 0 Å². The van der Waals surface area contributed by atoms with E-state index < -0.39 is 0 Å². The van der Waals surface area contributed by atoms with Crippen LogP contribution in [0.1, 0.15) is 16.8 Å². The molecule has 4 nitrogen and oxygen atoms in total. The highest BCUT2D eigenvalue weighted by Gasteiger charge is 2.07. The number of hydrogen-bond acceptors (Lipinski definition) is 3. The second-order valence-electron chi connectivity index (χ2n) is 3.04. The second-order valence-corrected chi connectivity index (χ2v) is 4.12. The molecule has 0 saturated heterocycles. The Bertz CT molecular complexity index is 334. The second kappa shape index (κ2) is 5.79. The summed E-state index contributed by atoms with van der Waals surface area (Å²) in [4.78, 5) is 11.5. The molecule has 0 spiro atoms. The monoisotopic (exact) mass is 321 g/mol. The summed E-state index contributed by atoms with van der Waals surface area (Å²) in [5, 5.41) is 21.0. The summed E-state index contributed by atoms with van der Waals surface area (Å²) in [6, 6.07) is 3.82. The number of alkyl halides is 1. The number of nitrogens with one attached hydrogen (secondary N) is 1. The number of halogens is 1. The quantitative estimate of drug-likeness (QED) is 0.449. The van der Waals surface area contributed by atoms with E-state index in [2.05, 4.69) is 27.9 Å². The van der Waals surface area contributed by atoms with Crippen LogP contribution in [0.2, 0.25) is 0 Å². The summed E-state index contributed by atoms with van der Waals surface area (Å²) in [6.45, 7) is 0.595. The molecule has 0 unspecified atom stereocenters. The van der Waals surface area contributed by atoms with E-state index >= 15 is 0 Å². The lowest BCUT2D eigenvalue weighted by molar-refractivity contribution is 0.0953. The molecule has 15 heavy (non-hydrogen) atoms. The minimum absolute atomic E-state index is 0.117. The van der Waals surface area contributed by atoms with Crippen LogP contribution >= 0.6 is 22.6 Å². The predicted molar refractivity (Wildman–Crippen MR) is 65.6 cm³/mol. The predicted octanol–water partition coefficient (Wildman–Crippen LogP) is 1.65. The minimum atomic E-state index is -0.286. The first kappa shape index (κ1) is 12.1. The molecular weight excluding hydrogens is 309 g/mol. The summed E-state index contributed by atoms with van der Waals surface area (Å²) >= 11 is 2.23. The fourth-order valence-electron chi connectivity index (χ4n) is 1.10. The number of carbonyl (C=O) groups is 1. The van der Waals surface area contributed by atoms with E-state index in [4.69, 9.17) is 0 Å². The maximum absolute atomic E-state index is 11.5. The molecule has 1 amide bonds. The first-order chi connectivity index (χ1) is 7.13. The average Bonchev–Trinajstić information content (AvgIpc) is 2.16. The van der Waals surface area contributed by atoms with E-state index in [9.17, 15) is 15.0 Å². The molecule has 82 valence electrons. The maximum atomic E-state index is 11.5. The molecule has 0 aliphatic carbocycles. The molecule has 1 rings (SSSR count). The van der Waals surface area contributed by atoms with Crippen LogP contribution in [0.25, 0.3) is 0 Å². The molecule has 5 heteroatoms. The Morgan fingerprint density at radius 1 is 1.27 bits per heavy atom. The highest BCUT2D eigenvalue weighted by molar-refractivity contribution is 14.1. The molecule has 0 aromatic heterocycles. The molecule has 0 aliphatic heterocycles. The average molecular weight is 321 g/mol. The molecule has 0 saturated carbocycles. The van der Waals surface area contributed by atoms with E-state index in [0.717, 1.165) is 10.8 Å². The van der Waals surface area contributed by atoms with Gasteiger partial charge in [-0.25, -0.2) is 0 Å². The van der Waals surface area contributed by atoms with Crippen LogP contribution in [0.4, 0.5) is 0 Å². The van der Waals surface area contributed by atoms with Crippen molar-refractivity contribution in [3.05, 3.63) is 23.8 Å². The van der Waals surface area contributed by atoms with Crippen molar-refractivity contribution in [2.45, 2.75) is 6.42 Å². The van der Waals surface area contributed by atoms with Crippen molar-refractivity contribution >= 4 is 28.5 Å². The van der Waals surface area contributed by atoms with Gasteiger partial charge in [0.15, 0.2) is 0 Å². The van der Waals surface area contributed by atoms with E-state index in [-0.39, 0.29) is 23.0 Å². The Hall–Kier alpha value is -0.980. The van der Waals surface area contributed by atoms with Gasteiger partial charge in [-0.05, 0) is 18.6 Å². The lowest BCUT2D eigenvalue weighted by atomic mass is 10.2. The SMILES string of the molecule is O=C(NCCCI)c1cc(O)cc(O)c1. The minimum Gasteiger partial charge on any atom is -0.508 e. The van der Waals surface area contributed by atoms with Gasteiger partial charge in [-0.15, -0.1) is 0 Å². The van der Waals surface area contributed by atoms with Gasteiger partial charge in [0.1, 0.15) is 11.5 Å². The topological polar surface area (TPSA) is 69.6 Å². The molecule has 1 aromatic rings. The maximum Gasteiger partial charge on any atom is 0.251 e. The van der Waals surface area contributed by atoms with Gasteiger partial charge in [-0.2, -0.15) is 0 Å². The Morgan fingerprint density at radius 2 is 1.87 bits per heavy atom. The van der Waals surface area contributed by atoms with Crippen LogP contribution in [-0.4, -0.2) is 27.1 Å². The number of carbonyl (C=O) groups excluding carboxylic acids is 1. The van der Waals surface area contributed by atoms with Crippen molar-refractivity contribution in [3.8, 4) is 11.5 Å². The van der Waals surface area contributed by atoms with E-state index in [0.29, 0.717) is 6.54 Å². The van der Waals surface area contributed by atoms with E-state index in [1.54, 1.807) is 0 Å². The molecule has 0 fully saturated rings. The summed E-state index contributed by atoms with van der Waals surface area (Å²) < 4.78 is 0.976. The zero-order valence-corrected chi connectivity index (χ0v) is 10.2. The van der Waals surface area contributed by atoms with Crippen LogP contribution in [0.15, 0.2) is 18.2 Å². The van der Waals surface area contributed by atoms with E-state index in [1.807, 2.05) is 0 Å². The Kier molecular flexibility index (Phi) is 4.67. The van der Waals surface area contributed by atoms with Gasteiger partial charge in [-0.1, -0.05) is 22.6 Å². The zero-order valence-electron chi connectivity index (χ0n) is 8.03. The number of amides is 1. The lowest BCUT2D eigenvalue weighted by Gasteiger charge is -2.04. The molecule has 0 radical (unpaired) electrons. The number of hydrogen-bond donors (Lipinski definition) is 3. The van der Waals surface area contributed by atoms with Gasteiger partial charge in [0, 0.05) is 22.6 Å². The molecule has 0 atom stereocenters. The third kappa shape index (κ3) is 3.94. The van der Waals surface area contributed by atoms with Crippen molar-refractivity contribution < 1.29 is 15.0 Å². The van der Waals surface area contributed by atoms with Gasteiger partial charge < -0.3 is 15.5 Å². The van der Waals surface area contributed by atoms with Crippen LogP contribution in [0.5, 0.6) is 11.5 Å². The molecule has 0 bridgehead atoms. The number of rotatable bonds is 4. The van der Waals surface area contributed by atoms with Crippen LogP contribution in [0, 0.1) is 0 Å². The zero-order chi connectivity index (χ0) is 11.3. The van der Waals surface area contributed by atoms with Crippen molar-refractivity contribution in [3.63, 3.8) is 0 Å². The van der Waals surface area contributed by atoms with Crippen molar-refractivity contribution in [2.24, 2.45) is 0 Å². The molecule has 3 N–H and O–H groups in total. The summed E-state index contributed by atoms with van der Waals surface area (Å²) in [5.74, 6) is -0.519. The Morgan fingerprint density at radius 3 is 2.40 bits per heavy atom. The largest absolute Gasteiger partial charge is 0.508 e. The third-order valence-corrected chi connectivity index (χ3v) is 2.52. The van der Waals surface area contributed by atoms with Gasteiger partial charge in [0.05, 0.1) is 0 Å². The Labute approximate surface area is 101 Å². The van der Waals surface area contributed by atoms with Gasteiger partial charge in [0.25, 0.3) is 5.91 Å². The normalized spacial score (nSPS) is 9.93. The van der Waals surface area contributed by atoms with Crippen LogP contribution < -0.4 is 5.32 Å². The number of phenolic OH excluding ortho intramolecular Hbond substituents is 2. The van der Waals surface area contributed by atoms with Crippen molar-refractivity contribution in [1.82, 2.24) is 5.32 Å². The highest BCUT2D eigenvalue weighted by Crippen LogP contribution is 2.20. The molecule has 0 aliphatic rings. The van der Waals surface area contributed by atoms with Gasteiger partial charge in [0.2, 0.25) is 0 Å². The molecule has 1 aromatic carbocycles.